The van der Waals surface area contributed by atoms with Crippen LogP contribution in [0.1, 0.15) is 29.3 Å². The summed E-state index contributed by atoms with van der Waals surface area (Å²) in [4.78, 5) is 25.9. The van der Waals surface area contributed by atoms with Crippen LogP contribution in [-0.2, 0) is 16.0 Å². The molecule has 0 spiro atoms. The lowest BCUT2D eigenvalue weighted by atomic mass is 10.1. The Morgan fingerprint density at radius 2 is 1.74 bits per heavy atom. The minimum Gasteiger partial charge on any atom is -0.490 e. The molecule has 0 aromatic heterocycles. The molecule has 0 atom stereocenters. The molecule has 0 unspecified atom stereocenters. The van der Waals surface area contributed by atoms with Crippen LogP contribution in [0, 0.1) is 0 Å². The third-order valence-corrected chi connectivity index (χ3v) is 4.59. The highest BCUT2D eigenvalue weighted by Gasteiger charge is 2.14. The normalized spacial score (nSPS) is 10.3. The monoisotopic (exact) mass is 443 g/mol. The quantitative estimate of drug-likeness (QED) is 0.434. The van der Waals surface area contributed by atoms with Crippen molar-refractivity contribution in [1.29, 1.82) is 0 Å². The van der Waals surface area contributed by atoms with Crippen LogP contribution in [0.25, 0.3) is 0 Å². The Labute approximate surface area is 188 Å². The molecule has 2 rings (SSSR count). The second-order valence-corrected chi connectivity index (χ2v) is 7.34. The van der Waals surface area contributed by atoms with E-state index in [1.54, 1.807) is 43.3 Å². The van der Waals surface area contributed by atoms with Gasteiger partial charge < -0.3 is 19.7 Å². The highest BCUT2D eigenvalue weighted by Crippen LogP contribution is 2.18. The third-order valence-electron chi connectivity index (χ3n) is 4.39. The Morgan fingerprint density at radius 3 is 2.42 bits per heavy atom. The molecule has 31 heavy (non-hydrogen) atoms. The fraction of sp³-hybridized carbons (Fsp3) is 0.348. The van der Waals surface area contributed by atoms with Crippen LogP contribution in [0.4, 0.5) is 5.69 Å². The van der Waals surface area contributed by atoms with Crippen LogP contribution >= 0.6 is 12.2 Å². The lowest BCUT2D eigenvalue weighted by Crippen LogP contribution is -2.34. The second kappa shape index (κ2) is 12.7. The summed E-state index contributed by atoms with van der Waals surface area (Å²) in [6, 6.07) is 14.6. The molecule has 0 radical (unpaired) electrons. The number of hydrogen-bond acceptors (Lipinski definition) is 5. The number of ether oxygens (including phenoxy) is 2. The number of rotatable bonds is 10. The van der Waals surface area contributed by atoms with Gasteiger partial charge in [-0.2, -0.15) is 0 Å². The molecule has 2 aromatic carbocycles. The molecular formula is C23H29N3O4S. The first-order valence-corrected chi connectivity index (χ1v) is 10.5. The maximum Gasteiger partial charge on any atom is 0.261 e. The summed E-state index contributed by atoms with van der Waals surface area (Å²) in [5.41, 5.74) is 2.19. The smallest absolute Gasteiger partial charge is 0.261 e. The van der Waals surface area contributed by atoms with Crippen molar-refractivity contribution in [3.63, 3.8) is 0 Å². The number of anilines is 1. The maximum atomic E-state index is 12.6. The number of carbonyl (C=O) groups is 2. The van der Waals surface area contributed by atoms with Crippen molar-refractivity contribution in [1.82, 2.24) is 10.2 Å². The number of nitrogens with zero attached hydrogens (tertiary/aromatic N) is 1. The van der Waals surface area contributed by atoms with E-state index in [0.717, 1.165) is 11.3 Å². The molecule has 2 N–H and O–H groups in total. The van der Waals surface area contributed by atoms with Gasteiger partial charge in [-0.1, -0.05) is 24.3 Å². The largest absolute Gasteiger partial charge is 0.490 e. The Morgan fingerprint density at radius 1 is 1.03 bits per heavy atom. The minimum atomic E-state index is -0.358. The van der Waals surface area contributed by atoms with E-state index in [0.29, 0.717) is 44.0 Å². The number of carbonyl (C=O) groups excluding carboxylic acids is 2. The fourth-order valence-electron chi connectivity index (χ4n) is 2.70. The van der Waals surface area contributed by atoms with Crippen LogP contribution in [0.5, 0.6) is 5.75 Å². The van der Waals surface area contributed by atoms with Gasteiger partial charge in [-0.05, 0) is 55.4 Å². The minimum absolute atomic E-state index is 0.0910. The highest BCUT2D eigenvalue weighted by molar-refractivity contribution is 7.80. The van der Waals surface area contributed by atoms with Crippen molar-refractivity contribution < 1.29 is 19.1 Å². The van der Waals surface area contributed by atoms with E-state index in [1.165, 1.54) is 0 Å². The summed E-state index contributed by atoms with van der Waals surface area (Å²) in [5, 5.41) is 5.85. The zero-order valence-electron chi connectivity index (χ0n) is 18.1. The number of benzene rings is 2. The number of hydrogen-bond donors (Lipinski definition) is 2. The predicted octanol–water partition coefficient (Wildman–Crippen LogP) is 3.25. The molecule has 2 amide bonds. The van der Waals surface area contributed by atoms with Crippen molar-refractivity contribution >= 4 is 34.8 Å². The van der Waals surface area contributed by atoms with Crippen LogP contribution in [-0.4, -0.2) is 55.7 Å². The predicted molar refractivity (Wildman–Crippen MR) is 126 cm³/mol. The van der Waals surface area contributed by atoms with Gasteiger partial charge in [-0.25, -0.2) is 0 Å². The molecule has 0 aliphatic heterocycles. The summed E-state index contributed by atoms with van der Waals surface area (Å²) < 4.78 is 10.9. The summed E-state index contributed by atoms with van der Waals surface area (Å²) in [7, 11) is 3.49. The number of para-hydroxylation sites is 1. The van der Waals surface area contributed by atoms with Crippen LogP contribution in [0.15, 0.2) is 48.5 Å². The Kier molecular flexibility index (Phi) is 9.93. The van der Waals surface area contributed by atoms with E-state index in [9.17, 15) is 9.59 Å². The van der Waals surface area contributed by atoms with Crippen LogP contribution < -0.4 is 15.4 Å². The van der Waals surface area contributed by atoms with Crippen molar-refractivity contribution in [2.45, 2.75) is 19.8 Å². The van der Waals surface area contributed by atoms with Gasteiger partial charge in [0.15, 0.2) is 5.11 Å². The molecule has 0 bridgehead atoms. The molecule has 0 heterocycles. The molecular weight excluding hydrogens is 414 g/mol. The van der Waals surface area contributed by atoms with Gasteiger partial charge in [0.05, 0.1) is 12.2 Å². The summed E-state index contributed by atoms with van der Waals surface area (Å²) in [6.45, 7) is 3.33. The molecule has 8 heteroatoms. The summed E-state index contributed by atoms with van der Waals surface area (Å²) in [6.07, 6.45) is 1.12. The van der Waals surface area contributed by atoms with Gasteiger partial charge in [0.2, 0.25) is 5.91 Å². The van der Waals surface area contributed by atoms with Gasteiger partial charge >= 0.3 is 0 Å². The lowest BCUT2D eigenvalue weighted by molar-refractivity contribution is -0.128. The highest BCUT2D eigenvalue weighted by atomic mass is 32.1. The molecule has 7 nitrogen and oxygen atoms in total. The van der Waals surface area contributed by atoms with Crippen molar-refractivity contribution in [2.75, 3.05) is 39.2 Å². The first-order chi connectivity index (χ1) is 14.9. The SMILES string of the molecule is CCOCCOc1ccccc1C(=O)NC(=S)Nc1ccc(CCC(=O)N(C)C)cc1. The van der Waals surface area contributed by atoms with Crippen molar-refractivity contribution in [3.8, 4) is 5.75 Å². The fourth-order valence-corrected chi connectivity index (χ4v) is 2.91. The van der Waals surface area contributed by atoms with E-state index in [1.807, 2.05) is 31.2 Å². The summed E-state index contributed by atoms with van der Waals surface area (Å²) >= 11 is 5.27. The number of thiocarbonyl (C=S) groups is 1. The average Bonchev–Trinajstić information content (AvgIpc) is 2.76. The van der Waals surface area contributed by atoms with Crippen molar-refractivity contribution in [2.24, 2.45) is 0 Å². The number of nitrogens with one attached hydrogen (secondary N) is 2. The van der Waals surface area contributed by atoms with E-state index >= 15 is 0 Å². The zero-order chi connectivity index (χ0) is 22.6. The molecule has 0 saturated heterocycles. The average molecular weight is 444 g/mol. The lowest BCUT2D eigenvalue weighted by Gasteiger charge is -2.13. The molecule has 0 fully saturated rings. The van der Waals surface area contributed by atoms with E-state index in [-0.39, 0.29) is 16.9 Å². The van der Waals surface area contributed by atoms with Crippen molar-refractivity contribution in [3.05, 3.63) is 59.7 Å². The first-order valence-electron chi connectivity index (χ1n) is 10.1. The topological polar surface area (TPSA) is 79.9 Å². The molecule has 0 aliphatic carbocycles. The van der Waals surface area contributed by atoms with Gasteiger partial charge in [-0.15, -0.1) is 0 Å². The first kappa shape index (κ1) is 24.3. The van der Waals surface area contributed by atoms with Gasteiger partial charge in [0, 0.05) is 32.8 Å². The van der Waals surface area contributed by atoms with Crippen LogP contribution in [0.2, 0.25) is 0 Å². The zero-order valence-corrected chi connectivity index (χ0v) is 19.0. The third kappa shape index (κ3) is 8.35. The number of amides is 2. The molecule has 2 aromatic rings. The Hall–Kier alpha value is -2.97. The Bertz CT molecular complexity index is 885. The van der Waals surface area contributed by atoms with E-state index < -0.39 is 0 Å². The van der Waals surface area contributed by atoms with Gasteiger partial charge in [0.1, 0.15) is 12.4 Å². The van der Waals surface area contributed by atoms with E-state index in [4.69, 9.17) is 21.7 Å². The van der Waals surface area contributed by atoms with Gasteiger partial charge in [-0.3, -0.25) is 14.9 Å². The molecule has 0 aliphatic rings. The summed E-state index contributed by atoms with van der Waals surface area (Å²) in [5.74, 6) is 0.204. The maximum absolute atomic E-state index is 12.6. The standard InChI is InChI=1S/C23H29N3O4S/c1-4-29-15-16-30-20-8-6-5-7-19(20)22(28)25-23(31)24-18-12-9-17(10-13-18)11-14-21(27)26(2)3/h5-10,12-13H,4,11,14-16H2,1-3H3,(H2,24,25,28,31). The second-order valence-electron chi connectivity index (χ2n) is 6.93. The molecule has 166 valence electrons. The Balaban J connectivity index is 1.88. The molecule has 0 saturated carbocycles. The van der Waals surface area contributed by atoms with E-state index in [2.05, 4.69) is 10.6 Å². The number of aryl methyl sites for hydroxylation is 1. The van der Waals surface area contributed by atoms with Gasteiger partial charge in [0.25, 0.3) is 5.91 Å². The van der Waals surface area contributed by atoms with Crippen LogP contribution in [0.3, 0.4) is 0 Å².